The second-order valence-corrected chi connectivity index (χ2v) is 7.76. The Kier molecular flexibility index (Phi) is 4.12. The maximum atomic E-state index is 13.2. The van der Waals surface area contributed by atoms with Crippen molar-refractivity contribution in [3.8, 4) is 11.1 Å². The zero-order chi connectivity index (χ0) is 21.7. The number of hydrogen-bond donors (Lipinski definition) is 0. The number of para-hydroxylation sites is 1. The lowest BCUT2D eigenvalue weighted by atomic mass is 9.97. The molecule has 0 saturated carbocycles. The molecule has 2 heterocycles. The molecular formula is C28H19N2O2+. The van der Waals surface area contributed by atoms with Crippen molar-refractivity contribution in [1.82, 2.24) is 5.10 Å². The maximum absolute atomic E-state index is 13.2. The number of pyridine rings is 1. The average Bonchev–Trinajstić information content (AvgIpc) is 2.87. The molecule has 32 heavy (non-hydrogen) atoms. The van der Waals surface area contributed by atoms with Gasteiger partial charge in [-0.05, 0) is 22.2 Å². The SMILES string of the molecule is COC(=O)c1c2cccc(-c3ccccc3)c2n[n+]2c3ccccc3c3ccccc3c12. The van der Waals surface area contributed by atoms with Gasteiger partial charge in [0.25, 0.3) is 5.52 Å². The summed E-state index contributed by atoms with van der Waals surface area (Å²) < 4.78 is 7.18. The van der Waals surface area contributed by atoms with E-state index in [1.807, 2.05) is 77.3 Å². The number of fused-ring (bicyclic) bond motifs is 7. The number of hydrogen-bond acceptors (Lipinski definition) is 3. The molecule has 2 aromatic heterocycles. The van der Waals surface area contributed by atoms with Crippen LogP contribution in [0.25, 0.3) is 49.2 Å². The van der Waals surface area contributed by atoms with Crippen molar-refractivity contribution in [2.24, 2.45) is 0 Å². The molecule has 0 atom stereocenters. The lowest BCUT2D eigenvalue weighted by molar-refractivity contribution is -0.548. The van der Waals surface area contributed by atoms with E-state index in [4.69, 9.17) is 9.84 Å². The molecule has 0 bridgehead atoms. The van der Waals surface area contributed by atoms with E-state index < -0.39 is 0 Å². The van der Waals surface area contributed by atoms with Crippen molar-refractivity contribution in [2.45, 2.75) is 0 Å². The molecule has 0 aliphatic carbocycles. The summed E-state index contributed by atoms with van der Waals surface area (Å²) in [6, 6.07) is 32.4. The second-order valence-electron chi connectivity index (χ2n) is 7.76. The van der Waals surface area contributed by atoms with Gasteiger partial charge in [0, 0.05) is 27.5 Å². The van der Waals surface area contributed by atoms with Gasteiger partial charge in [0.2, 0.25) is 5.52 Å². The normalized spacial score (nSPS) is 11.4. The zero-order valence-corrected chi connectivity index (χ0v) is 17.4. The Labute approximate surface area is 184 Å². The monoisotopic (exact) mass is 415 g/mol. The first-order valence-corrected chi connectivity index (χ1v) is 10.5. The van der Waals surface area contributed by atoms with Crippen molar-refractivity contribution in [2.75, 3.05) is 7.11 Å². The first-order chi connectivity index (χ1) is 15.8. The van der Waals surface area contributed by atoms with E-state index in [0.29, 0.717) is 5.56 Å². The summed E-state index contributed by atoms with van der Waals surface area (Å²) in [6.07, 6.45) is 0. The Morgan fingerprint density at radius 1 is 0.719 bits per heavy atom. The van der Waals surface area contributed by atoms with Gasteiger partial charge < -0.3 is 4.74 Å². The zero-order valence-electron chi connectivity index (χ0n) is 17.4. The van der Waals surface area contributed by atoms with Crippen LogP contribution in [-0.2, 0) is 4.74 Å². The molecule has 0 saturated heterocycles. The molecule has 152 valence electrons. The fraction of sp³-hybridized carbons (Fsp3) is 0.0357. The largest absolute Gasteiger partial charge is 0.465 e. The van der Waals surface area contributed by atoms with E-state index in [1.165, 1.54) is 7.11 Å². The van der Waals surface area contributed by atoms with Gasteiger partial charge in [-0.1, -0.05) is 78.9 Å². The summed E-state index contributed by atoms with van der Waals surface area (Å²) in [5.41, 5.74) is 5.00. The van der Waals surface area contributed by atoms with Crippen molar-refractivity contribution in [3.63, 3.8) is 0 Å². The molecule has 6 rings (SSSR count). The third-order valence-corrected chi connectivity index (χ3v) is 6.03. The lowest BCUT2D eigenvalue weighted by Crippen LogP contribution is -2.31. The molecule has 0 fully saturated rings. The van der Waals surface area contributed by atoms with Crippen LogP contribution in [-0.4, -0.2) is 18.2 Å². The van der Waals surface area contributed by atoms with E-state index >= 15 is 0 Å². The summed E-state index contributed by atoms with van der Waals surface area (Å²) in [7, 11) is 1.43. The van der Waals surface area contributed by atoms with Crippen molar-refractivity contribution < 1.29 is 14.0 Å². The Balaban J connectivity index is 1.93. The fourth-order valence-electron chi connectivity index (χ4n) is 4.63. The van der Waals surface area contributed by atoms with Crippen molar-refractivity contribution in [3.05, 3.63) is 103 Å². The minimum atomic E-state index is -0.374. The molecule has 0 unspecified atom stereocenters. The van der Waals surface area contributed by atoms with E-state index in [0.717, 1.165) is 49.2 Å². The Bertz CT molecular complexity index is 1670. The van der Waals surface area contributed by atoms with E-state index in [1.54, 1.807) is 0 Å². The predicted molar refractivity (Wildman–Crippen MR) is 127 cm³/mol. The smallest absolute Gasteiger partial charge is 0.345 e. The molecule has 0 N–H and O–H groups in total. The van der Waals surface area contributed by atoms with Crippen LogP contribution in [0.2, 0.25) is 0 Å². The standard InChI is InChI=1S/C28H19N2O2/c1-32-28(31)25-23-16-9-15-19(18-10-3-2-4-11-18)26(23)29-30-24-17-8-7-13-21(24)20-12-5-6-14-22(20)27(25)30/h2-17H,1H3/q+1. The Morgan fingerprint density at radius 3 is 2.16 bits per heavy atom. The molecule has 4 aromatic carbocycles. The molecular weight excluding hydrogens is 396 g/mol. The lowest BCUT2D eigenvalue weighted by Gasteiger charge is -2.11. The van der Waals surface area contributed by atoms with Gasteiger partial charge in [0.1, 0.15) is 11.1 Å². The van der Waals surface area contributed by atoms with Gasteiger partial charge in [0.15, 0.2) is 0 Å². The summed E-state index contributed by atoms with van der Waals surface area (Å²) in [5, 5.41) is 9.02. The molecule has 4 nitrogen and oxygen atoms in total. The summed E-state index contributed by atoms with van der Waals surface area (Å²) >= 11 is 0. The van der Waals surface area contributed by atoms with E-state index in [9.17, 15) is 4.79 Å². The summed E-state index contributed by atoms with van der Waals surface area (Å²) in [5.74, 6) is -0.374. The number of carbonyl (C=O) groups excluding carboxylic acids is 1. The van der Waals surface area contributed by atoms with Gasteiger partial charge in [0.05, 0.1) is 17.9 Å². The molecule has 0 radical (unpaired) electrons. The van der Waals surface area contributed by atoms with Gasteiger partial charge in [-0.15, -0.1) is 0 Å². The van der Waals surface area contributed by atoms with Gasteiger partial charge in [-0.2, -0.15) is 0 Å². The molecule has 6 aromatic rings. The van der Waals surface area contributed by atoms with Crippen LogP contribution in [0.15, 0.2) is 97.1 Å². The maximum Gasteiger partial charge on any atom is 0.345 e. The molecule has 0 aliphatic heterocycles. The summed E-state index contributed by atoms with van der Waals surface area (Å²) in [6.45, 7) is 0. The Hall–Kier alpha value is -4.31. The minimum Gasteiger partial charge on any atom is -0.465 e. The number of esters is 1. The quantitative estimate of drug-likeness (QED) is 0.157. The van der Waals surface area contributed by atoms with E-state index in [-0.39, 0.29) is 5.97 Å². The van der Waals surface area contributed by atoms with Crippen molar-refractivity contribution >= 4 is 44.1 Å². The third kappa shape index (κ3) is 2.59. The minimum absolute atomic E-state index is 0.374. The highest BCUT2D eigenvalue weighted by Crippen LogP contribution is 2.33. The number of carbonyl (C=O) groups is 1. The highest BCUT2D eigenvalue weighted by atomic mass is 16.5. The third-order valence-electron chi connectivity index (χ3n) is 6.03. The van der Waals surface area contributed by atoms with Crippen LogP contribution in [0, 0.1) is 0 Å². The van der Waals surface area contributed by atoms with Crippen LogP contribution >= 0.6 is 0 Å². The van der Waals surface area contributed by atoms with Crippen LogP contribution in [0.4, 0.5) is 0 Å². The molecule has 4 heteroatoms. The number of nitrogens with zero attached hydrogens (tertiary/aromatic N) is 2. The van der Waals surface area contributed by atoms with Crippen LogP contribution in [0.5, 0.6) is 0 Å². The highest BCUT2D eigenvalue weighted by molar-refractivity contribution is 6.18. The highest BCUT2D eigenvalue weighted by Gasteiger charge is 2.28. The fourth-order valence-corrected chi connectivity index (χ4v) is 4.63. The first kappa shape index (κ1) is 18.5. The number of rotatable bonds is 2. The predicted octanol–water partition coefficient (Wildman–Crippen LogP) is 5.73. The van der Waals surface area contributed by atoms with Crippen LogP contribution < -0.4 is 4.52 Å². The molecule has 0 spiro atoms. The topological polar surface area (TPSA) is 43.3 Å². The molecule has 0 amide bonds. The second kappa shape index (κ2) is 7.13. The Morgan fingerprint density at radius 2 is 1.38 bits per heavy atom. The first-order valence-electron chi connectivity index (χ1n) is 10.5. The van der Waals surface area contributed by atoms with Gasteiger partial charge in [-0.3, -0.25) is 0 Å². The van der Waals surface area contributed by atoms with Crippen molar-refractivity contribution in [1.29, 1.82) is 0 Å². The molecule has 0 aliphatic rings. The number of benzene rings is 4. The number of ether oxygens (including phenoxy) is 1. The van der Waals surface area contributed by atoms with E-state index in [2.05, 4.69) is 24.3 Å². The average molecular weight is 415 g/mol. The van der Waals surface area contributed by atoms with Crippen LogP contribution in [0.3, 0.4) is 0 Å². The van der Waals surface area contributed by atoms with Crippen LogP contribution in [0.1, 0.15) is 10.4 Å². The summed E-state index contributed by atoms with van der Waals surface area (Å²) in [4.78, 5) is 13.2. The van der Waals surface area contributed by atoms with Gasteiger partial charge in [-0.25, -0.2) is 4.79 Å². The number of methoxy groups -OCH3 is 1. The number of aromatic nitrogens is 2. The van der Waals surface area contributed by atoms with Gasteiger partial charge >= 0.3 is 5.97 Å².